The maximum absolute atomic E-state index is 12.7. The molecule has 0 bridgehead atoms. The van der Waals surface area contributed by atoms with E-state index in [-0.39, 0.29) is 16.9 Å². The van der Waals surface area contributed by atoms with Crippen LogP contribution in [0.15, 0.2) is 53.4 Å². The third kappa shape index (κ3) is 6.37. The van der Waals surface area contributed by atoms with Crippen molar-refractivity contribution in [2.45, 2.75) is 38.2 Å². The molecule has 0 heterocycles. The summed E-state index contributed by atoms with van der Waals surface area (Å²) >= 11 is 0. The van der Waals surface area contributed by atoms with Gasteiger partial charge in [0.2, 0.25) is 0 Å². The molecule has 2 N–H and O–H groups in total. The second-order valence-electron chi connectivity index (χ2n) is 6.48. The van der Waals surface area contributed by atoms with Crippen LogP contribution >= 0.6 is 0 Å². The minimum Gasteiger partial charge on any atom is -0.379 e. The number of hydrogen-bond acceptors (Lipinski definition) is 4. The molecule has 0 saturated carbocycles. The Bertz CT molecular complexity index is 865. The molecule has 6 nitrogen and oxygen atoms in total. The number of rotatable bonds is 9. The minimum atomic E-state index is -3.79. The Hall–Kier alpha value is -2.38. The van der Waals surface area contributed by atoms with Gasteiger partial charge in [-0.3, -0.25) is 9.52 Å². The van der Waals surface area contributed by atoms with E-state index in [1.54, 1.807) is 49.4 Å². The van der Waals surface area contributed by atoms with E-state index >= 15 is 0 Å². The SMILES string of the molecule is Cc1ccc(C(=O)NCCCOC(C)C)cc1S(=O)(=O)Nc1ccccc1. The van der Waals surface area contributed by atoms with Crippen molar-refractivity contribution in [3.63, 3.8) is 0 Å². The quantitative estimate of drug-likeness (QED) is 0.643. The monoisotopic (exact) mass is 390 g/mol. The van der Waals surface area contributed by atoms with Crippen LogP contribution in [0.4, 0.5) is 5.69 Å². The van der Waals surface area contributed by atoms with Crippen LogP contribution in [0.3, 0.4) is 0 Å². The molecule has 7 heteroatoms. The first-order valence-corrected chi connectivity index (χ1v) is 10.4. The van der Waals surface area contributed by atoms with Crippen molar-refractivity contribution < 1.29 is 17.9 Å². The molecule has 0 aromatic heterocycles. The summed E-state index contributed by atoms with van der Waals surface area (Å²) in [5, 5.41) is 2.79. The highest BCUT2D eigenvalue weighted by molar-refractivity contribution is 7.92. The average Bonchev–Trinajstić information content (AvgIpc) is 2.61. The third-order valence-corrected chi connectivity index (χ3v) is 5.35. The van der Waals surface area contributed by atoms with Gasteiger partial charge in [0.05, 0.1) is 11.0 Å². The number of anilines is 1. The molecule has 0 atom stereocenters. The topological polar surface area (TPSA) is 84.5 Å². The van der Waals surface area contributed by atoms with Crippen LogP contribution < -0.4 is 10.0 Å². The molecule has 0 fully saturated rings. The van der Waals surface area contributed by atoms with Gasteiger partial charge in [0.1, 0.15) is 0 Å². The summed E-state index contributed by atoms with van der Waals surface area (Å²) in [4.78, 5) is 12.4. The number of aryl methyl sites for hydroxylation is 1. The molecule has 2 rings (SSSR count). The summed E-state index contributed by atoms with van der Waals surface area (Å²) < 4.78 is 33.4. The normalized spacial score (nSPS) is 11.4. The van der Waals surface area contributed by atoms with Gasteiger partial charge in [0, 0.05) is 24.4 Å². The highest BCUT2D eigenvalue weighted by Gasteiger charge is 2.19. The van der Waals surface area contributed by atoms with Crippen molar-refractivity contribution >= 4 is 21.6 Å². The van der Waals surface area contributed by atoms with Crippen LogP contribution in [-0.2, 0) is 14.8 Å². The van der Waals surface area contributed by atoms with Crippen molar-refractivity contribution in [1.29, 1.82) is 0 Å². The summed E-state index contributed by atoms with van der Waals surface area (Å²) in [5.41, 5.74) is 1.34. The van der Waals surface area contributed by atoms with Gasteiger partial charge in [0.15, 0.2) is 0 Å². The second-order valence-corrected chi connectivity index (χ2v) is 8.13. The van der Waals surface area contributed by atoms with Crippen LogP contribution in [0.25, 0.3) is 0 Å². The molecule has 1 amide bonds. The Labute approximate surface area is 161 Å². The Morgan fingerprint density at radius 1 is 1.11 bits per heavy atom. The zero-order valence-electron chi connectivity index (χ0n) is 15.9. The van der Waals surface area contributed by atoms with E-state index in [4.69, 9.17) is 4.74 Å². The van der Waals surface area contributed by atoms with E-state index in [1.165, 1.54) is 6.07 Å². The van der Waals surface area contributed by atoms with Gasteiger partial charge >= 0.3 is 0 Å². The fourth-order valence-electron chi connectivity index (χ4n) is 2.44. The Morgan fingerprint density at radius 2 is 1.81 bits per heavy atom. The number of carbonyl (C=O) groups is 1. The van der Waals surface area contributed by atoms with Crippen LogP contribution in [0, 0.1) is 6.92 Å². The summed E-state index contributed by atoms with van der Waals surface area (Å²) in [7, 11) is -3.79. The number of carbonyl (C=O) groups excluding carboxylic acids is 1. The van der Waals surface area contributed by atoms with Crippen LogP contribution in [0.1, 0.15) is 36.2 Å². The van der Waals surface area contributed by atoms with E-state index in [0.29, 0.717) is 36.4 Å². The lowest BCUT2D eigenvalue weighted by molar-refractivity contribution is 0.0757. The van der Waals surface area contributed by atoms with Gasteiger partial charge in [-0.15, -0.1) is 0 Å². The molecule has 0 radical (unpaired) electrons. The summed E-state index contributed by atoms with van der Waals surface area (Å²) in [6.07, 6.45) is 0.846. The molecule has 2 aromatic rings. The highest BCUT2D eigenvalue weighted by atomic mass is 32.2. The minimum absolute atomic E-state index is 0.0853. The van der Waals surface area contributed by atoms with Gasteiger partial charge in [-0.1, -0.05) is 24.3 Å². The molecule has 0 aliphatic rings. The van der Waals surface area contributed by atoms with Crippen molar-refractivity contribution in [1.82, 2.24) is 5.32 Å². The molecule has 0 aliphatic carbocycles. The van der Waals surface area contributed by atoms with E-state index in [0.717, 1.165) is 0 Å². The second kappa shape index (κ2) is 9.53. The maximum atomic E-state index is 12.7. The Morgan fingerprint density at radius 3 is 2.48 bits per heavy atom. The molecular weight excluding hydrogens is 364 g/mol. The lowest BCUT2D eigenvalue weighted by Gasteiger charge is -2.12. The Balaban J connectivity index is 2.07. The zero-order chi connectivity index (χ0) is 19.9. The Kier molecular flexibility index (Phi) is 7.38. The van der Waals surface area contributed by atoms with Crippen molar-refractivity contribution in [3.05, 3.63) is 59.7 Å². The summed E-state index contributed by atoms with van der Waals surface area (Å²) in [6.45, 7) is 6.63. The molecule has 0 spiro atoms. The maximum Gasteiger partial charge on any atom is 0.262 e. The molecular formula is C20H26N2O4S. The van der Waals surface area contributed by atoms with Crippen molar-refractivity contribution in [3.8, 4) is 0 Å². The van der Waals surface area contributed by atoms with Gasteiger partial charge in [-0.05, 0) is 57.0 Å². The van der Waals surface area contributed by atoms with Gasteiger partial charge in [0.25, 0.3) is 15.9 Å². The molecule has 0 saturated heterocycles. The smallest absolute Gasteiger partial charge is 0.262 e. The number of sulfonamides is 1. The van der Waals surface area contributed by atoms with Crippen LogP contribution in [0.5, 0.6) is 0 Å². The number of amides is 1. The standard InChI is InChI=1S/C20H26N2O4S/c1-15(2)26-13-7-12-21-20(23)17-11-10-16(3)19(14-17)27(24,25)22-18-8-5-4-6-9-18/h4-6,8-11,14-15,22H,7,12-13H2,1-3H3,(H,21,23). The first-order chi connectivity index (χ1) is 12.8. The predicted molar refractivity (Wildman–Crippen MR) is 106 cm³/mol. The molecule has 27 heavy (non-hydrogen) atoms. The van der Waals surface area contributed by atoms with Crippen molar-refractivity contribution in [2.75, 3.05) is 17.9 Å². The van der Waals surface area contributed by atoms with E-state index in [9.17, 15) is 13.2 Å². The van der Waals surface area contributed by atoms with Crippen LogP contribution in [-0.4, -0.2) is 33.6 Å². The van der Waals surface area contributed by atoms with E-state index in [2.05, 4.69) is 10.0 Å². The van der Waals surface area contributed by atoms with Gasteiger partial charge < -0.3 is 10.1 Å². The number of benzene rings is 2. The predicted octanol–water partition coefficient (Wildman–Crippen LogP) is 3.34. The highest BCUT2D eigenvalue weighted by Crippen LogP contribution is 2.20. The number of ether oxygens (including phenoxy) is 1. The van der Waals surface area contributed by atoms with E-state index in [1.807, 2.05) is 13.8 Å². The van der Waals surface area contributed by atoms with Crippen molar-refractivity contribution in [2.24, 2.45) is 0 Å². The molecule has 0 aliphatic heterocycles. The first kappa shape index (κ1) is 20.9. The zero-order valence-corrected chi connectivity index (χ0v) is 16.7. The lowest BCUT2D eigenvalue weighted by Crippen LogP contribution is -2.26. The summed E-state index contributed by atoms with van der Waals surface area (Å²) in [6, 6.07) is 13.3. The fourth-order valence-corrected chi connectivity index (χ4v) is 3.77. The number of nitrogens with one attached hydrogen (secondary N) is 2. The molecule has 146 valence electrons. The first-order valence-electron chi connectivity index (χ1n) is 8.88. The molecule has 2 aromatic carbocycles. The van der Waals surface area contributed by atoms with Crippen LogP contribution in [0.2, 0.25) is 0 Å². The average molecular weight is 391 g/mol. The largest absolute Gasteiger partial charge is 0.379 e. The fraction of sp³-hybridized carbons (Fsp3) is 0.350. The number of para-hydroxylation sites is 1. The lowest BCUT2D eigenvalue weighted by atomic mass is 10.1. The molecule has 0 unspecified atom stereocenters. The van der Waals surface area contributed by atoms with Gasteiger partial charge in [-0.25, -0.2) is 8.42 Å². The van der Waals surface area contributed by atoms with E-state index < -0.39 is 10.0 Å². The third-order valence-electron chi connectivity index (χ3n) is 3.82. The van der Waals surface area contributed by atoms with Gasteiger partial charge in [-0.2, -0.15) is 0 Å². The number of hydrogen-bond donors (Lipinski definition) is 2. The summed E-state index contributed by atoms with van der Waals surface area (Å²) in [5.74, 6) is -0.310.